The van der Waals surface area contributed by atoms with Gasteiger partial charge in [-0.15, -0.1) is 24.8 Å². The molecule has 1 fully saturated rings. The highest BCUT2D eigenvalue weighted by atomic mass is 35.5. The van der Waals surface area contributed by atoms with E-state index in [-0.39, 0.29) is 24.8 Å². The van der Waals surface area contributed by atoms with Crippen molar-refractivity contribution in [3.8, 4) is 0 Å². The van der Waals surface area contributed by atoms with Crippen LogP contribution in [-0.2, 0) is 0 Å². The lowest BCUT2D eigenvalue weighted by molar-refractivity contribution is 0.0595. The first-order valence-corrected chi connectivity index (χ1v) is 3.17. The summed E-state index contributed by atoms with van der Waals surface area (Å²) in [5.41, 5.74) is -0.941. The minimum Gasteiger partial charge on any atom is -0.310 e. The van der Waals surface area contributed by atoms with Crippen LogP contribution < -0.4 is 5.32 Å². The number of halogens is 3. The minimum atomic E-state index is -0.941. The summed E-state index contributed by atoms with van der Waals surface area (Å²) in [6.45, 7) is 1.58. The van der Waals surface area contributed by atoms with E-state index in [2.05, 4.69) is 5.32 Å². The van der Waals surface area contributed by atoms with Crippen LogP contribution in [0.4, 0.5) is 4.39 Å². The van der Waals surface area contributed by atoms with Gasteiger partial charge in [-0.3, -0.25) is 0 Å². The molecule has 70 valence electrons. The van der Waals surface area contributed by atoms with Crippen molar-refractivity contribution in [1.82, 2.24) is 10.2 Å². The number of rotatable bonds is 2. The lowest BCUT2D eigenvalue weighted by Crippen LogP contribution is -2.60. The van der Waals surface area contributed by atoms with E-state index in [4.69, 9.17) is 0 Å². The molecule has 11 heavy (non-hydrogen) atoms. The molecule has 1 rings (SSSR count). The maximum atomic E-state index is 13.1. The Kier molecular flexibility index (Phi) is 6.54. The zero-order valence-corrected chi connectivity index (χ0v) is 8.40. The summed E-state index contributed by atoms with van der Waals surface area (Å²) in [6, 6.07) is 0. The second-order valence-electron chi connectivity index (χ2n) is 2.99. The fourth-order valence-corrected chi connectivity index (χ4v) is 1.07. The Labute approximate surface area is 79.3 Å². The van der Waals surface area contributed by atoms with Crippen LogP contribution in [0.2, 0.25) is 0 Å². The second kappa shape index (κ2) is 5.14. The van der Waals surface area contributed by atoms with Gasteiger partial charge in [-0.2, -0.15) is 0 Å². The van der Waals surface area contributed by atoms with Crippen LogP contribution in [0, 0.1) is 0 Å². The van der Waals surface area contributed by atoms with Crippen molar-refractivity contribution in [3.05, 3.63) is 0 Å². The van der Waals surface area contributed by atoms with Crippen molar-refractivity contribution in [3.63, 3.8) is 0 Å². The fourth-order valence-electron chi connectivity index (χ4n) is 1.07. The average Bonchev–Trinajstić information content (AvgIpc) is 1.60. The predicted octanol–water partition coefficient (Wildman–Crippen LogP) is 0.703. The molecule has 0 amide bonds. The summed E-state index contributed by atoms with van der Waals surface area (Å²) in [7, 11) is 3.78. The lowest BCUT2D eigenvalue weighted by Gasteiger charge is -2.36. The summed E-state index contributed by atoms with van der Waals surface area (Å²) in [5, 5.41) is 2.91. The molecule has 0 spiro atoms. The van der Waals surface area contributed by atoms with Gasteiger partial charge in [0.2, 0.25) is 0 Å². The molecule has 0 saturated carbocycles. The Morgan fingerprint density at radius 2 is 1.82 bits per heavy atom. The monoisotopic (exact) mass is 204 g/mol. The van der Waals surface area contributed by atoms with Crippen LogP contribution in [0.5, 0.6) is 0 Å². The van der Waals surface area contributed by atoms with Gasteiger partial charge in [-0.05, 0) is 14.1 Å². The van der Waals surface area contributed by atoms with Crippen molar-refractivity contribution in [2.45, 2.75) is 5.67 Å². The van der Waals surface area contributed by atoms with E-state index in [0.29, 0.717) is 19.6 Å². The number of nitrogens with one attached hydrogen (secondary N) is 1. The van der Waals surface area contributed by atoms with Gasteiger partial charge in [-0.1, -0.05) is 0 Å². The molecule has 0 bridgehead atoms. The smallest absolute Gasteiger partial charge is 0.148 e. The summed E-state index contributed by atoms with van der Waals surface area (Å²) in [5.74, 6) is 0. The van der Waals surface area contributed by atoms with Gasteiger partial charge < -0.3 is 10.2 Å². The van der Waals surface area contributed by atoms with Gasteiger partial charge in [0.25, 0.3) is 0 Å². The topological polar surface area (TPSA) is 15.3 Å². The molecule has 1 saturated heterocycles. The molecular formula is C6H15Cl2FN2. The highest BCUT2D eigenvalue weighted by molar-refractivity contribution is 5.85. The summed E-state index contributed by atoms with van der Waals surface area (Å²) in [4.78, 5) is 1.88. The molecule has 0 aromatic carbocycles. The SMILES string of the molecule is CN(C)CC1(F)CNC1.Cl.Cl. The first-order valence-electron chi connectivity index (χ1n) is 3.17. The Bertz CT molecular complexity index is 107. The van der Waals surface area contributed by atoms with Crippen LogP contribution in [0.15, 0.2) is 0 Å². The van der Waals surface area contributed by atoms with Crippen LogP contribution in [0.25, 0.3) is 0 Å². The maximum absolute atomic E-state index is 13.1. The first kappa shape index (κ1) is 14.0. The van der Waals surface area contributed by atoms with Gasteiger partial charge in [0.1, 0.15) is 5.67 Å². The maximum Gasteiger partial charge on any atom is 0.148 e. The van der Waals surface area contributed by atoms with Crippen molar-refractivity contribution in [1.29, 1.82) is 0 Å². The summed E-state index contributed by atoms with van der Waals surface area (Å²) >= 11 is 0. The van der Waals surface area contributed by atoms with E-state index in [1.54, 1.807) is 0 Å². The van der Waals surface area contributed by atoms with Gasteiger partial charge >= 0.3 is 0 Å². The van der Waals surface area contributed by atoms with E-state index >= 15 is 0 Å². The first-order chi connectivity index (χ1) is 4.12. The minimum absolute atomic E-state index is 0. The molecule has 5 heteroatoms. The van der Waals surface area contributed by atoms with Crippen molar-refractivity contribution < 1.29 is 4.39 Å². The zero-order chi connectivity index (χ0) is 6.91. The van der Waals surface area contributed by atoms with E-state index in [1.807, 2.05) is 19.0 Å². The number of hydrogen-bond donors (Lipinski definition) is 1. The second-order valence-corrected chi connectivity index (χ2v) is 2.99. The Balaban J connectivity index is 0. The van der Waals surface area contributed by atoms with Gasteiger partial charge in [0.15, 0.2) is 0 Å². The summed E-state index contributed by atoms with van der Waals surface area (Å²) in [6.07, 6.45) is 0. The molecule has 0 aromatic rings. The molecule has 0 atom stereocenters. The number of nitrogens with zero attached hydrogens (tertiary/aromatic N) is 1. The molecule has 1 aliphatic rings. The molecule has 0 aliphatic carbocycles. The predicted molar refractivity (Wildman–Crippen MR) is 49.8 cm³/mol. The van der Waals surface area contributed by atoms with Crippen LogP contribution in [0.1, 0.15) is 0 Å². The number of alkyl halides is 1. The fraction of sp³-hybridized carbons (Fsp3) is 1.00. The lowest BCUT2D eigenvalue weighted by atomic mass is 9.99. The molecule has 0 unspecified atom stereocenters. The van der Waals surface area contributed by atoms with Crippen LogP contribution in [0.3, 0.4) is 0 Å². The third-order valence-corrected chi connectivity index (χ3v) is 1.48. The third-order valence-electron chi connectivity index (χ3n) is 1.48. The van der Waals surface area contributed by atoms with E-state index in [1.165, 1.54) is 0 Å². The van der Waals surface area contributed by atoms with Crippen molar-refractivity contribution >= 4 is 24.8 Å². The van der Waals surface area contributed by atoms with Gasteiger partial charge in [-0.25, -0.2) is 4.39 Å². The molecule has 1 heterocycles. The Morgan fingerprint density at radius 3 is 1.91 bits per heavy atom. The highest BCUT2D eigenvalue weighted by Gasteiger charge is 2.36. The molecule has 1 N–H and O–H groups in total. The van der Waals surface area contributed by atoms with E-state index in [0.717, 1.165) is 0 Å². The largest absolute Gasteiger partial charge is 0.310 e. The van der Waals surface area contributed by atoms with E-state index in [9.17, 15) is 4.39 Å². The third kappa shape index (κ3) is 4.11. The molecule has 0 radical (unpaired) electrons. The average molecular weight is 205 g/mol. The van der Waals surface area contributed by atoms with E-state index < -0.39 is 5.67 Å². The quantitative estimate of drug-likeness (QED) is 0.713. The van der Waals surface area contributed by atoms with Crippen LogP contribution >= 0.6 is 24.8 Å². The van der Waals surface area contributed by atoms with Crippen LogP contribution in [-0.4, -0.2) is 44.3 Å². The Morgan fingerprint density at radius 1 is 1.36 bits per heavy atom. The zero-order valence-electron chi connectivity index (χ0n) is 6.76. The van der Waals surface area contributed by atoms with Gasteiger partial charge in [0, 0.05) is 19.6 Å². The molecular weight excluding hydrogens is 190 g/mol. The normalized spacial score (nSPS) is 19.6. The standard InChI is InChI=1S/C6H13FN2.2ClH/c1-9(2)5-6(7)3-8-4-6;;/h8H,3-5H2,1-2H3;2*1H. The molecule has 1 aliphatic heterocycles. The highest BCUT2D eigenvalue weighted by Crippen LogP contribution is 2.16. The molecule has 2 nitrogen and oxygen atoms in total. The number of hydrogen-bond acceptors (Lipinski definition) is 2. The van der Waals surface area contributed by atoms with Gasteiger partial charge in [0.05, 0.1) is 0 Å². The summed E-state index contributed by atoms with van der Waals surface area (Å²) < 4.78 is 13.1. The van der Waals surface area contributed by atoms with Crippen molar-refractivity contribution in [2.24, 2.45) is 0 Å². The molecule has 0 aromatic heterocycles. The Hall–Kier alpha value is 0.430. The van der Waals surface area contributed by atoms with Crippen molar-refractivity contribution in [2.75, 3.05) is 33.7 Å².